The molecule has 17 heavy (non-hydrogen) atoms. The maximum absolute atomic E-state index is 11.0. The summed E-state index contributed by atoms with van der Waals surface area (Å²) in [5.41, 5.74) is 0.987. The van der Waals surface area contributed by atoms with Gasteiger partial charge in [0.15, 0.2) is 0 Å². The normalized spacial score (nSPS) is 17.0. The van der Waals surface area contributed by atoms with Crippen molar-refractivity contribution in [2.75, 3.05) is 26.3 Å². The number of nitro benzene ring substituents is 1. The summed E-state index contributed by atoms with van der Waals surface area (Å²) < 4.78 is 6.15. The Bertz CT molecular complexity index is 419. The predicted octanol–water partition coefficient (Wildman–Crippen LogP) is 2.03. The van der Waals surface area contributed by atoms with Crippen molar-refractivity contribution >= 4 is 28.3 Å². The summed E-state index contributed by atoms with van der Waals surface area (Å²) in [6.07, 6.45) is 0. The van der Waals surface area contributed by atoms with E-state index < -0.39 is 0 Å². The Labute approximate surface area is 113 Å². The van der Waals surface area contributed by atoms with Crippen LogP contribution in [0, 0.1) is 13.7 Å². The summed E-state index contributed by atoms with van der Waals surface area (Å²) in [5.74, 6) is 0. The van der Waals surface area contributed by atoms with Crippen LogP contribution in [-0.4, -0.2) is 36.1 Å². The minimum Gasteiger partial charge on any atom is -0.379 e. The van der Waals surface area contributed by atoms with Crippen LogP contribution in [0.4, 0.5) is 5.69 Å². The molecule has 0 aliphatic carbocycles. The standard InChI is InChI=1S/C11H13IN2O3/c12-10-2-1-9(11(7-10)14(15)16)8-13-3-5-17-6-4-13/h1-2,7H,3-6,8H2. The van der Waals surface area contributed by atoms with Crippen molar-refractivity contribution in [2.45, 2.75) is 6.54 Å². The van der Waals surface area contributed by atoms with Crippen molar-refractivity contribution in [3.63, 3.8) is 0 Å². The molecule has 1 aliphatic heterocycles. The van der Waals surface area contributed by atoms with Gasteiger partial charge in [-0.1, -0.05) is 0 Å². The molecule has 0 radical (unpaired) electrons. The third kappa shape index (κ3) is 3.36. The summed E-state index contributed by atoms with van der Waals surface area (Å²) in [6, 6.07) is 5.37. The van der Waals surface area contributed by atoms with Gasteiger partial charge < -0.3 is 4.74 Å². The molecule has 0 atom stereocenters. The van der Waals surface area contributed by atoms with E-state index in [9.17, 15) is 10.1 Å². The topological polar surface area (TPSA) is 55.6 Å². The number of nitrogens with zero attached hydrogens (tertiary/aromatic N) is 2. The van der Waals surface area contributed by atoms with E-state index in [0.29, 0.717) is 19.8 Å². The Balaban J connectivity index is 2.16. The highest BCUT2D eigenvalue weighted by Gasteiger charge is 2.18. The maximum atomic E-state index is 11.0. The number of nitro groups is 1. The Morgan fingerprint density at radius 2 is 2.12 bits per heavy atom. The largest absolute Gasteiger partial charge is 0.379 e. The first-order valence-electron chi connectivity index (χ1n) is 5.40. The first-order valence-corrected chi connectivity index (χ1v) is 6.47. The summed E-state index contributed by atoms with van der Waals surface area (Å²) >= 11 is 2.09. The van der Waals surface area contributed by atoms with Crippen LogP contribution in [0.3, 0.4) is 0 Å². The van der Waals surface area contributed by atoms with E-state index in [4.69, 9.17) is 4.74 Å². The molecule has 0 amide bonds. The average Bonchev–Trinajstić information content (AvgIpc) is 2.32. The fourth-order valence-corrected chi connectivity index (χ4v) is 2.32. The van der Waals surface area contributed by atoms with Crippen LogP contribution in [0.25, 0.3) is 0 Å². The molecule has 1 aromatic carbocycles. The van der Waals surface area contributed by atoms with Crippen molar-refractivity contribution in [3.05, 3.63) is 37.4 Å². The van der Waals surface area contributed by atoms with Gasteiger partial charge in [0.25, 0.3) is 5.69 Å². The number of benzene rings is 1. The molecule has 1 aromatic rings. The molecule has 1 aliphatic rings. The molecule has 1 heterocycles. The molecule has 2 rings (SSSR count). The number of halogens is 1. The monoisotopic (exact) mass is 348 g/mol. The highest BCUT2D eigenvalue weighted by Crippen LogP contribution is 2.23. The average molecular weight is 348 g/mol. The van der Waals surface area contributed by atoms with Gasteiger partial charge in [0.05, 0.1) is 18.1 Å². The first kappa shape index (κ1) is 12.7. The van der Waals surface area contributed by atoms with Gasteiger partial charge in [0, 0.05) is 34.8 Å². The highest BCUT2D eigenvalue weighted by molar-refractivity contribution is 14.1. The number of rotatable bonds is 3. The molecule has 0 aromatic heterocycles. The second kappa shape index (κ2) is 5.74. The molecule has 0 bridgehead atoms. The van der Waals surface area contributed by atoms with Crippen molar-refractivity contribution in [3.8, 4) is 0 Å². The molecule has 1 fully saturated rings. The van der Waals surface area contributed by atoms with E-state index in [2.05, 4.69) is 27.5 Å². The van der Waals surface area contributed by atoms with Crippen LogP contribution in [0.15, 0.2) is 18.2 Å². The molecule has 0 spiro atoms. The number of morpholine rings is 1. The Morgan fingerprint density at radius 3 is 2.76 bits per heavy atom. The Morgan fingerprint density at radius 1 is 1.41 bits per heavy atom. The predicted molar refractivity (Wildman–Crippen MR) is 71.9 cm³/mol. The number of hydrogen-bond acceptors (Lipinski definition) is 4. The molecule has 1 saturated heterocycles. The van der Waals surface area contributed by atoms with E-state index in [1.54, 1.807) is 6.07 Å². The molecule has 0 N–H and O–H groups in total. The summed E-state index contributed by atoms with van der Waals surface area (Å²) in [4.78, 5) is 12.8. The van der Waals surface area contributed by atoms with Crippen molar-refractivity contribution in [2.24, 2.45) is 0 Å². The lowest BCUT2D eigenvalue weighted by Crippen LogP contribution is -2.35. The van der Waals surface area contributed by atoms with E-state index in [0.717, 1.165) is 22.2 Å². The lowest BCUT2D eigenvalue weighted by Gasteiger charge is -2.26. The quantitative estimate of drug-likeness (QED) is 0.477. The first-order chi connectivity index (χ1) is 8.16. The van der Waals surface area contributed by atoms with E-state index >= 15 is 0 Å². The van der Waals surface area contributed by atoms with E-state index in [-0.39, 0.29) is 10.6 Å². The zero-order valence-electron chi connectivity index (χ0n) is 9.26. The van der Waals surface area contributed by atoms with Crippen LogP contribution >= 0.6 is 22.6 Å². The van der Waals surface area contributed by atoms with Crippen LogP contribution in [0.2, 0.25) is 0 Å². The third-order valence-corrected chi connectivity index (χ3v) is 3.41. The molecule has 0 saturated carbocycles. The van der Waals surface area contributed by atoms with Gasteiger partial charge in [-0.3, -0.25) is 15.0 Å². The van der Waals surface area contributed by atoms with E-state index in [1.807, 2.05) is 12.1 Å². The van der Waals surface area contributed by atoms with Gasteiger partial charge in [0.1, 0.15) is 0 Å². The van der Waals surface area contributed by atoms with Crippen molar-refractivity contribution in [1.29, 1.82) is 0 Å². The van der Waals surface area contributed by atoms with Gasteiger partial charge in [0.2, 0.25) is 0 Å². The molecule has 6 heteroatoms. The third-order valence-electron chi connectivity index (χ3n) is 2.74. The van der Waals surface area contributed by atoms with Gasteiger partial charge in [-0.2, -0.15) is 0 Å². The fraction of sp³-hybridized carbons (Fsp3) is 0.455. The van der Waals surface area contributed by atoms with E-state index in [1.165, 1.54) is 0 Å². The van der Waals surface area contributed by atoms with Crippen molar-refractivity contribution < 1.29 is 9.66 Å². The number of hydrogen-bond donors (Lipinski definition) is 0. The minimum absolute atomic E-state index is 0.211. The summed E-state index contributed by atoms with van der Waals surface area (Å²) in [7, 11) is 0. The van der Waals surface area contributed by atoms with Crippen molar-refractivity contribution in [1.82, 2.24) is 4.90 Å². The van der Waals surface area contributed by atoms with Gasteiger partial charge in [-0.15, -0.1) is 0 Å². The van der Waals surface area contributed by atoms with Crippen LogP contribution in [0.1, 0.15) is 5.56 Å². The van der Waals surface area contributed by atoms with Crippen LogP contribution < -0.4 is 0 Å². The SMILES string of the molecule is O=[N+]([O-])c1cc(I)ccc1CN1CCOCC1. The Kier molecular flexibility index (Phi) is 4.30. The fourth-order valence-electron chi connectivity index (χ4n) is 1.84. The molecular weight excluding hydrogens is 335 g/mol. The van der Waals surface area contributed by atoms with Gasteiger partial charge in [-0.25, -0.2) is 0 Å². The van der Waals surface area contributed by atoms with Gasteiger partial charge in [-0.05, 0) is 34.7 Å². The number of ether oxygens (including phenoxy) is 1. The lowest BCUT2D eigenvalue weighted by molar-refractivity contribution is -0.385. The molecular formula is C11H13IN2O3. The molecule has 5 nitrogen and oxygen atoms in total. The second-order valence-electron chi connectivity index (χ2n) is 3.92. The minimum atomic E-state index is -0.308. The van der Waals surface area contributed by atoms with Crippen LogP contribution in [0.5, 0.6) is 0 Å². The second-order valence-corrected chi connectivity index (χ2v) is 5.16. The summed E-state index contributed by atoms with van der Waals surface area (Å²) in [6.45, 7) is 3.71. The Hall–Kier alpha value is -0.730. The smallest absolute Gasteiger partial charge is 0.274 e. The van der Waals surface area contributed by atoms with Gasteiger partial charge >= 0.3 is 0 Å². The zero-order valence-corrected chi connectivity index (χ0v) is 11.4. The van der Waals surface area contributed by atoms with Crippen LogP contribution in [-0.2, 0) is 11.3 Å². The summed E-state index contributed by atoms with van der Waals surface area (Å²) in [5, 5.41) is 11.0. The molecule has 92 valence electrons. The highest BCUT2D eigenvalue weighted by atomic mass is 127. The molecule has 0 unspecified atom stereocenters. The maximum Gasteiger partial charge on any atom is 0.274 e. The zero-order chi connectivity index (χ0) is 12.3. The lowest BCUT2D eigenvalue weighted by atomic mass is 10.1.